The second-order valence-electron chi connectivity index (χ2n) is 6.35. The fourth-order valence-electron chi connectivity index (χ4n) is 3.34. The van der Waals surface area contributed by atoms with Crippen LogP contribution in [0.3, 0.4) is 0 Å². The van der Waals surface area contributed by atoms with Crippen LogP contribution in [0.15, 0.2) is 12.3 Å². The molecule has 22 heavy (non-hydrogen) atoms. The predicted octanol–water partition coefficient (Wildman–Crippen LogP) is 1.52. The van der Waals surface area contributed by atoms with Crippen molar-refractivity contribution >= 4 is 17.7 Å². The second-order valence-corrected chi connectivity index (χ2v) is 6.35. The van der Waals surface area contributed by atoms with Crippen molar-refractivity contribution in [2.75, 3.05) is 43.5 Å². The van der Waals surface area contributed by atoms with Gasteiger partial charge in [0.1, 0.15) is 11.9 Å². The summed E-state index contributed by atoms with van der Waals surface area (Å²) in [4.78, 5) is 27.6. The Morgan fingerprint density at radius 1 is 1.18 bits per heavy atom. The van der Waals surface area contributed by atoms with E-state index in [4.69, 9.17) is 4.98 Å². The van der Waals surface area contributed by atoms with Gasteiger partial charge in [-0.3, -0.25) is 4.79 Å². The fraction of sp³-hybridized carbons (Fsp3) is 0.688. The molecule has 0 saturated carbocycles. The smallest absolute Gasteiger partial charge is 0.244 e. The summed E-state index contributed by atoms with van der Waals surface area (Å²) in [6, 6.07) is 1.84. The van der Waals surface area contributed by atoms with Gasteiger partial charge >= 0.3 is 0 Å². The molecule has 0 N–H and O–H groups in total. The predicted molar refractivity (Wildman–Crippen MR) is 87.2 cm³/mol. The Hall–Kier alpha value is -1.85. The molecule has 1 aromatic heterocycles. The largest absolute Gasteiger partial charge is 0.347 e. The third-order valence-electron chi connectivity index (χ3n) is 4.54. The number of amides is 1. The molecule has 0 aliphatic carbocycles. The number of rotatable bonds is 3. The summed E-state index contributed by atoms with van der Waals surface area (Å²) in [5.74, 6) is 1.85. The summed E-state index contributed by atoms with van der Waals surface area (Å²) in [5, 5.41) is 0. The number of likely N-dealkylation sites (N-methyl/N-ethyl adjacent to an activating group) is 1. The number of hydrogen-bond donors (Lipinski definition) is 0. The molecule has 0 aromatic carbocycles. The fourth-order valence-corrected chi connectivity index (χ4v) is 3.34. The Bertz CT molecular complexity index is 527. The van der Waals surface area contributed by atoms with Crippen molar-refractivity contribution in [3.63, 3.8) is 0 Å². The van der Waals surface area contributed by atoms with E-state index in [1.54, 1.807) is 4.90 Å². The van der Waals surface area contributed by atoms with Gasteiger partial charge < -0.3 is 14.7 Å². The highest BCUT2D eigenvalue weighted by atomic mass is 16.2. The molecule has 0 bridgehead atoms. The molecule has 1 atom stereocenters. The molecule has 2 aliphatic heterocycles. The number of carbonyl (C=O) groups excluding carboxylic acids is 1. The number of hydrogen-bond acceptors (Lipinski definition) is 5. The third-order valence-corrected chi connectivity index (χ3v) is 4.54. The van der Waals surface area contributed by atoms with Crippen LogP contribution in [-0.2, 0) is 4.79 Å². The summed E-state index contributed by atoms with van der Waals surface area (Å²) in [5.41, 5.74) is 0. The summed E-state index contributed by atoms with van der Waals surface area (Å²) in [6.07, 6.45) is 7.47. The van der Waals surface area contributed by atoms with Crippen LogP contribution in [0.1, 0.15) is 32.1 Å². The maximum atomic E-state index is 12.3. The van der Waals surface area contributed by atoms with Crippen molar-refractivity contribution < 1.29 is 4.79 Å². The number of piperidine rings is 1. The molecule has 1 aromatic rings. The summed E-state index contributed by atoms with van der Waals surface area (Å²) in [6.45, 7) is 2.95. The van der Waals surface area contributed by atoms with Gasteiger partial charge in [0.2, 0.25) is 11.9 Å². The molecule has 0 spiro atoms. The molecular weight excluding hydrogens is 278 g/mol. The molecule has 2 fully saturated rings. The molecule has 0 radical (unpaired) electrons. The first-order valence-corrected chi connectivity index (χ1v) is 8.22. The van der Waals surface area contributed by atoms with Crippen molar-refractivity contribution in [2.24, 2.45) is 0 Å². The van der Waals surface area contributed by atoms with Crippen LogP contribution in [0.4, 0.5) is 11.8 Å². The van der Waals surface area contributed by atoms with E-state index < -0.39 is 0 Å². The monoisotopic (exact) mass is 303 g/mol. The van der Waals surface area contributed by atoms with Crippen molar-refractivity contribution in [2.45, 2.75) is 38.1 Å². The Morgan fingerprint density at radius 2 is 1.95 bits per heavy atom. The lowest BCUT2D eigenvalue weighted by molar-refractivity contribution is -0.129. The van der Waals surface area contributed by atoms with Gasteiger partial charge in [-0.05, 0) is 38.2 Å². The van der Waals surface area contributed by atoms with Crippen LogP contribution in [0.5, 0.6) is 0 Å². The molecule has 2 saturated heterocycles. The maximum Gasteiger partial charge on any atom is 0.244 e. The van der Waals surface area contributed by atoms with E-state index >= 15 is 0 Å². The minimum absolute atomic E-state index is 0.0842. The second kappa shape index (κ2) is 6.50. The van der Waals surface area contributed by atoms with E-state index in [-0.39, 0.29) is 11.9 Å². The highest BCUT2D eigenvalue weighted by molar-refractivity contribution is 5.85. The summed E-state index contributed by atoms with van der Waals surface area (Å²) >= 11 is 0. The summed E-state index contributed by atoms with van der Waals surface area (Å²) in [7, 11) is 3.63. The third kappa shape index (κ3) is 3.00. The molecule has 6 nitrogen and oxygen atoms in total. The van der Waals surface area contributed by atoms with E-state index in [1.807, 2.05) is 26.4 Å². The van der Waals surface area contributed by atoms with Crippen molar-refractivity contribution in [3.05, 3.63) is 12.3 Å². The van der Waals surface area contributed by atoms with Gasteiger partial charge in [0.15, 0.2) is 0 Å². The lowest BCUT2D eigenvalue weighted by Crippen LogP contribution is -2.43. The highest BCUT2D eigenvalue weighted by Gasteiger charge is 2.33. The first-order chi connectivity index (χ1) is 10.7. The van der Waals surface area contributed by atoms with Crippen LogP contribution in [0, 0.1) is 0 Å². The van der Waals surface area contributed by atoms with Gasteiger partial charge in [-0.25, -0.2) is 4.98 Å². The first kappa shape index (κ1) is 15.1. The Labute approximate surface area is 132 Å². The van der Waals surface area contributed by atoms with Crippen molar-refractivity contribution in [1.82, 2.24) is 14.9 Å². The minimum atomic E-state index is -0.0842. The highest BCUT2D eigenvalue weighted by Crippen LogP contribution is 2.26. The quantitative estimate of drug-likeness (QED) is 0.847. The number of nitrogens with zero attached hydrogens (tertiary/aromatic N) is 5. The van der Waals surface area contributed by atoms with E-state index in [2.05, 4.69) is 14.8 Å². The van der Waals surface area contributed by atoms with Gasteiger partial charge in [-0.15, -0.1) is 0 Å². The minimum Gasteiger partial charge on any atom is -0.347 e. The Morgan fingerprint density at radius 3 is 2.68 bits per heavy atom. The average molecular weight is 303 g/mol. The van der Waals surface area contributed by atoms with Crippen LogP contribution >= 0.6 is 0 Å². The molecule has 3 rings (SSSR count). The van der Waals surface area contributed by atoms with Gasteiger partial charge in [0.25, 0.3) is 0 Å². The first-order valence-electron chi connectivity index (χ1n) is 8.22. The Balaban J connectivity index is 1.80. The molecule has 1 amide bonds. The van der Waals surface area contributed by atoms with Crippen molar-refractivity contribution in [3.8, 4) is 0 Å². The van der Waals surface area contributed by atoms with E-state index in [9.17, 15) is 4.79 Å². The van der Waals surface area contributed by atoms with Crippen LogP contribution in [0.25, 0.3) is 0 Å². The zero-order valence-corrected chi connectivity index (χ0v) is 13.5. The summed E-state index contributed by atoms with van der Waals surface area (Å²) < 4.78 is 0. The van der Waals surface area contributed by atoms with Crippen molar-refractivity contribution in [1.29, 1.82) is 0 Å². The Kier molecular flexibility index (Phi) is 4.45. The zero-order chi connectivity index (χ0) is 15.5. The SMILES string of the molecule is CN(C)C(=O)C1CCCN1c1ccnc(N2CCCCC2)n1. The van der Waals surface area contributed by atoms with Gasteiger partial charge in [0, 0.05) is 39.9 Å². The lowest BCUT2D eigenvalue weighted by atomic mass is 10.1. The zero-order valence-electron chi connectivity index (χ0n) is 13.5. The molecule has 1 unspecified atom stereocenters. The lowest BCUT2D eigenvalue weighted by Gasteiger charge is -2.29. The standard InChI is InChI=1S/C16H25N5O/c1-19(2)15(22)13-7-6-12-21(13)14-8-9-17-16(18-14)20-10-4-3-5-11-20/h8-9,13H,3-7,10-12H2,1-2H3. The van der Waals surface area contributed by atoms with Crippen LogP contribution in [0.2, 0.25) is 0 Å². The normalized spacial score (nSPS) is 22.0. The van der Waals surface area contributed by atoms with Gasteiger partial charge in [0.05, 0.1) is 0 Å². The number of anilines is 2. The average Bonchev–Trinajstić information content (AvgIpc) is 3.04. The van der Waals surface area contributed by atoms with Crippen LogP contribution in [-0.4, -0.2) is 60.5 Å². The van der Waals surface area contributed by atoms with E-state index in [0.717, 1.165) is 44.2 Å². The molecule has 3 heterocycles. The molecule has 6 heteroatoms. The number of aromatic nitrogens is 2. The van der Waals surface area contributed by atoms with Gasteiger partial charge in [-0.2, -0.15) is 4.98 Å². The molecular formula is C16H25N5O. The maximum absolute atomic E-state index is 12.3. The molecule has 2 aliphatic rings. The number of carbonyl (C=O) groups is 1. The van der Waals surface area contributed by atoms with E-state index in [1.165, 1.54) is 19.3 Å². The van der Waals surface area contributed by atoms with Crippen LogP contribution < -0.4 is 9.80 Å². The van der Waals surface area contributed by atoms with E-state index in [0.29, 0.717) is 0 Å². The topological polar surface area (TPSA) is 52.6 Å². The molecule has 120 valence electrons. The van der Waals surface area contributed by atoms with Gasteiger partial charge in [-0.1, -0.05) is 0 Å².